The van der Waals surface area contributed by atoms with E-state index in [4.69, 9.17) is 9.47 Å². The highest BCUT2D eigenvalue weighted by Gasteiger charge is 2.27. The summed E-state index contributed by atoms with van der Waals surface area (Å²) < 4.78 is 10.9. The molecule has 0 saturated carbocycles. The first-order valence-electron chi connectivity index (χ1n) is 9.19. The molecule has 2 atom stereocenters. The monoisotopic (exact) mass is 344 g/mol. The van der Waals surface area contributed by atoms with E-state index < -0.39 is 11.2 Å². The van der Waals surface area contributed by atoms with Crippen LogP contribution in [0.25, 0.3) is 0 Å². The van der Waals surface area contributed by atoms with Gasteiger partial charge < -0.3 is 14.6 Å². The Morgan fingerprint density at radius 2 is 2.08 bits per heavy atom. The van der Waals surface area contributed by atoms with Crippen molar-refractivity contribution in [2.45, 2.75) is 71.5 Å². The molecule has 1 aliphatic carbocycles. The van der Waals surface area contributed by atoms with Gasteiger partial charge in [-0.05, 0) is 57.1 Å². The van der Waals surface area contributed by atoms with Gasteiger partial charge in [-0.15, -0.1) is 0 Å². The number of hydrogen-bond donors (Lipinski definition) is 1. The van der Waals surface area contributed by atoms with Crippen molar-refractivity contribution < 1.29 is 14.6 Å². The zero-order chi connectivity index (χ0) is 18.6. The highest BCUT2D eigenvalue weighted by Crippen LogP contribution is 2.41. The van der Waals surface area contributed by atoms with Crippen LogP contribution in [-0.2, 0) is 9.47 Å². The molecule has 3 heteroatoms. The number of ether oxygens (including phenoxy) is 2. The molecular weight excluding hydrogens is 312 g/mol. The lowest BCUT2D eigenvalue weighted by molar-refractivity contribution is 0.0352. The average Bonchev–Trinajstić information content (AvgIpc) is 2.70. The maximum atomic E-state index is 10.7. The largest absolute Gasteiger partial charge is 0.499 e. The standard InChI is InChI=1S/C22H32O3/c1-18-8-6-10-20(2,3)19(18)9-13-21(4,23)11-7-12-22(5)14-15-24-16-17-25-22/h9,13-15,23H,6,8,10-11,16-17H2,1-5H3/b13-9+/t21-,22-/m1/s1. The van der Waals surface area contributed by atoms with Crippen molar-refractivity contribution in [1.29, 1.82) is 0 Å². The summed E-state index contributed by atoms with van der Waals surface area (Å²) in [5, 5.41) is 10.7. The molecule has 0 aromatic rings. The van der Waals surface area contributed by atoms with Gasteiger partial charge in [0.05, 0.1) is 18.5 Å². The maximum absolute atomic E-state index is 10.7. The van der Waals surface area contributed by atoms with Crippen LogP contribution in [0.2, 0.25) is 0 Å². The van der Waals surface area contributed by atoms with Gasteiger partial charge in [0.15, 0.2) is 0 Å². The van der Waals surface area contributed by atoms with E-state index in [9.17, 15) is 5.11 Å². The predicted octanol–water partition coefficient (Wildman–Crippen LogP) is 4.53. The number of rotatable bonds is 3. The number of aliphatic hydroxyl groups is 1. The summed E-state index contributed by atoms with van der Waals surface area (Å²) in [7, 11) is 0. The first-order valence-corrected chi connectivity index (χ1v) is 9.19. The van der Waals surface area contributed by atoms with Crippen LogP contribution >= 0.6 is 0 Å². The molecule has 0 aromatic carbocycles. The molecule has 1 N–H and O–H groups in total. The summed E-state index contributed by atoms with van der Waals surface area (Å²) in [6, 6.07) is 0. The van der Waals surface area contributed by atoms with Gasteiger partial charge in [-0.1, -0.05) is 43.4 Å². The molecule has 0 aromatic heterocycles. The molecule has 25 heavy (non-hydrogen) atoms. The van der Waals surface area contributed by atoms with Crippen LogP contribution in [0.5, 0.6) is 0 Å². The molecule has 0 unspecified atom stereocenters. The van der Waals surface area contributed by atoms with Crippen LogP contribution in [0, 0.1) is 17.3 Å². The SMILES string of the molecule is CC1=C(/C=C/[C@](C)(O)CC#C[C@]2(C)C=COCCO2)C(C)(C)CCC1. The molecule has 1 heterocycles. The van der Waals surface area contributed by atoms with Crippen molar-refractivity contribution in [1.82, 2.24) is 0 Å². The van der Waals surface area contributed by atoms with Crippen molar-refractivity contribution in [3.8, 4) is 11.8 Å². The van der Waals surface area contributed by atoms with Gasteiger partial charge >= 0.3 is 0 Å². The quantitative estimate of drug-likeness (QED) is 0.764. The van der Waals surface area contributed by atoms with E-state index in [1.54, 1.807) is 13.2 Å². The summed E-state index contributed by atoms with van der Waals surface area (Å²) in [4.78, 5) is 0. The Morgan fingerprint density at radius 1 is 1.32 bits per heavy atom. The van der Waals surface area contributed by atoms with Crippen molar-refractivity contribution in [2.24, 2.45) is 5.41 Å². The lowest BCUT2D eigenvalue weighted by Crippen LogP contribution is -2.25. The summed E-state index contributed by atoms with van der Waals surface area (Å²) in [6.07, 6.45) is 11.4. The minimum absolute atomic E-state index is 0.174. The summed E-state index contributed by atoms with van der Waals surface area (Å²) in [6.45, 7) is 11.5. The van der Waals surface area contributed by atoms with Gasteiger partial charge in [0, 0.05) is 6.42 Å². The molecule has 2 aliphatic rings. The molecule has 2 rings (SSSR count). The molecule has 0 amide bonds. The molecular formula is C22H32O3. The minimum Gasteiger partial charge on any atom is -0.499 e. The van der Waals surface area contributed by atoms with Crippen LogP contribution in [0.1, 0.15) is 60.3 Å². The van der Waals surface area contributed by atoms with Crippen molar-refractivity contribution >= 4 is 0 Å². The summed E-state index contributed by atoms with van der Waals surface area (Å²) in [5.74, 6) is 6.20. The maximum Gasteiger partial charge on any atom is 0.147 e. The Kier molecular flexibility index (Phi) is 6.19. The Bertz CT molecular complexity index is 625. The molecule has 0 radical (unpaired) electrons. The van der Waals surface area contributed by atoms with Crippen LogP contribution in [-0.4, -0.2) is 29.5 Å². The van der Waals surface area contributed by atoms with Crippen LogP contribution in [0.3, 0.4) is 0 Å². The van der Waals surface area contributed by atoms with Gasteiger partial charge in [-0.25, -0.2) is 0 Å². The second kappa shape index (κ2) is 7.81. The summed E-state index contributed by atoms with van der Waals surface area (Å²) >= 11 is 0. The Morgan fingerprint density at radius 3 is 2.80 bits per heavy atom. The molecule has 0 saturated heterocycles. The molecule has 138 valence electrons. The van der Waals surface area contributed by atoms with Gasteiger partial charge in [-0.2, -0.15) is 0 Å². The first kappa shape index (κ1) is 19.8. The second-order valence-corrected chi connectivity index (χ2v) is 8.23. The van der Waals surface area contributed by atoms with E-state index in [1.165, 1.54) is 24.0 Å². The van der Waals surface area contributed by atoms with Gasteiger partial charge in [0.1, 0.15) is 12.2 Å². The molecule has 3 nitrogen and oxygen atoms in total. The fourth-order valence-corrected chi connectivity index (χ4v) is 3.40. The predicted molar refractivity (Wildman–Crippen MR) is 102 cm³/mol. The Labute approximate surface area is 152 Å². The lowest BCUT2D eigenvalue weighted by atomic mass is 9.72. The molecule has 0 fully saturated rings. The van der Waals surface area contributed by atoms with Gasteiger partial charge in [-0.3, -0.25) is 0 Å². The van der Waals surface area contributed by atoms with Crippen LogP contribution in [0.4, 0.5) is 0 Å². The third-order valence-corrected chi connectivity index (χ3v) is 5.02. The molecule has 0 spiro atoms. The minimum atomic E-state index is -0.963. The Hall–Kier alpha value is -1.50. The van der Waals surface area contributed by atoms with Crippen molar-refractivity contribution in [3.05, 3.63) is 35.6 Å². The highest BCUT2D eigenvalue weighted by atomic mass is 16.5. The van der Waals surface area contributed by atoms with E-state index in [0.29, 0.717) is 19.6 Å². The Balaban J connectivity index is 2.06. The normalized spacial score (nSPS) is 28.7. The van der Waals surface area contributed by atoms with Crippen molar-refractivity contribution in [3.63, 3.8) is 0 Å². The lowest BCUT2D eigenvalue weighted by Gasteiger charge is -2.33. The fourth-order valence-electron chi connectivity index (χ4n) is 3.40. The van der Waals surface area contributed by atoms with Gasteiger partial charge in [0.25, 0.3) is 0 Å². The third-order valence-electron chi connectivity index (χ3n) is 5.02. The van der Waals surface area contributed by atoms with Crippen LogP contribution in [0.15, 0.2) is 35.6 Å². The highest BCUT2D eigenvalue weighted by molar-refractivity contribution is 5.34. The first-order chi connectivity index (χ1) is 11.6. The van der Waals surface area contributed by atoms with E-state index in [-0.39, 0.29) is 5.41 Å². The van der Waals surface area contributed by atoms with Crippen molar-refractivity contribution in [2.75, 3.05) is 13.2 Å². The zero-order valence-corrected chi connectivity index (χ0v) is 16.3. The summed E-state index contributed by atoms with van der Waals surface area (Å²) in [5.41, 5.74) is 1.34. The van der Waals surface area contributed by atoms with E-state index in [2.05, 4.69) is 38.7 Å². The zero-order valence-electron chi connectivity index (χ0n) is 16.3. The van der Waals surface area contributed by atoms with E-state index in [0.717, 1.165) is 6.42 Å². The molecule has 1 aliphatic heterocycles. The van der Waals surface area contributed by atoms with E-state index in [1.807, 2.05) is 19.1 Å². The average molecular weight is 344 g/mol. The third kappa shape index (κ3) is 5.76. The topological polar surface area (TPSA) is 38.7 Å². The second-order valence-electron chi connectivity index (χ2n) is 8.23. The fraction of sp³-hybridized carbons (Fsp3) is 0.636. The number of allylic oxidation sites excluding steroid dienone is 3. The van der Waals surface area contributed by atoms with Gasteiger partial charge in [0.2, 0.25) is 0 Å². The number of hydrogen-bond acceptors (Lipinski definition) is 3. The van der Waals surface area contributed by atoms with Crippen LogP contribution < -0.4 is 0 Å². The molecule has 0 bridgehead atoms. The smallest absolute Gasteiger partial charge is 0.147 e. The van der Waals surface area contributed by atoms with E-state index >= 15 is 0 Å².